The van der Waals surface area contributed by atoms with Gasteiger partial charge < -0.3 is 9.80 Å². The highest BCUT2D eigenvalue weighted by atomic mass is 35.5. The van der Waals surface area contributed by atoms with Crippen LogP contribution in [0.4, 0.5) is 5.82 Å². The van der Waals surface area contributed by atoms with Crippen LogP contribution in [-0.2, 0) is 0 Å². The van der Waals surface area contributed by atoms with E-state index < -0.39 is 0 Å². The summed E-state index contributed by atoms with van der Waals surface area (Å²) in [6.45, 7) is 8.92. The average molecular weight is 421 g/mol. The molecule has 5 nitrogen and oxygen atoms in total. The molecular weight excluding hydrogens is 396 g/mol. The Morgan fingerprint density at radius 2 is 1.63 bits per heavy atom. The van der Waals surface area contributed by atoms with Gasteiger partial charge in [0.1, 0.15) is 5.82 Å². The fourth-order valence-corrected chi connectivity index (χ4v) is 3.87. The van der Waals surface area contributed by atoms with Gasteiger partial charge in [0.25, 0.3) is 5.91 Å². The third-order valence-corrected chi connectivity index (χ3v) is 5.85. The smallest absolute Gasteiger partial charge is 0.254 e. The number of benzene rings is 2. The van der Waals surface area contributed by atoms with Gasteiger partial charge in [-0.3, -0.25) is 4.79 Å². The molecule has 0 N–H and O–H groups in total. The van der Waals surface area contributed by atoms with Crippen molar-refractivity contribution in [3.63, 3.8) is 0 Å². The van der Waals surface area contributed by atoms with Crippen LogP contribution in [-0.4, -0.2) is 47.0 Å². The van der Waals surface area contributed by atoms with Gasteiger partial charge in [-0.25, -0.2) is 9.97 Å². The Morgan fingerprint density at radius 3 is 2.30 bits per heavy atom. The molecule has 154 valence electrons. The van der Waals surface area contributed by atoms with Crippen molar-refractivity contribution in [3.8, 4) is 11.4 Å². The normalized spacial score (nSPS) is 14.1. The number of amides is 1. The first kappa shape index (κ1) is 20.4. The summed E-state index contributed by atoms with van der Waals surface area (Å²) < 4.78 is 0. The molecule has 30 heavy (non-hydrogen) atoms. The lowest BCUT2D eigenvalue weighted by molar-refractivity contribution is 0.0746. The standard InChI is InChI=1S/C24H25ClN4O/c1-16-7-9-19(10-8-16)22-26-18(3)17(2)23(27-22)28-11-13-29(14-12-28)24(30)20-5-4-6-21(25)15-20/h4-10,15H,11-14H2,1-3H3. The number of halogens is 1. The van der Waals surface area contributed by atoms with Gasteiger partial charge in [-0.15, -0.1) is 0 Å². The predicted octanol–water partition coefficient (Wildman–Crippen LogP) is 4.68. The highest BCUT2D eigenvalue weighted by molar-refractivity contribution is 6.30. The van der Waals surface area contributed by atoms with Gasteiger partial charge >= 0.3 is 0 Å². The first-order chi connectivity index (χ1) is 14.4. The van der Waals surface area contributed by atoms with Crippen molar-refractivity contribution in [2.24, 2.45) is 0 Å². The summed E-state index contributed by atoms with van der Waals surface area (Å²) in [5, 5.41) is 0.579. The van der Waals surface area contributed by atoms with E-state index in [9.17, 15) is 4.79 Å². The van der Waals surface area contributed by atoms with E-state index in [4.69, 9.17) is 21.6 Å². The SMILES string of the molecule is Cc1ccc(-c2nc(C)c(C)c(N3CCN(C(=O)c4cccc(Cl)c4)CC3)n2)cc1. The van der Waals surface area contributed by atoms with E-state index in [1.54, 1.807) is 12.1 Å². The number of carbonyl (C=O) groups is 1. The molecule has 1 fully saturated rings. The van der Waals surface area contributed by atoms with Gasteiger partial charge in [-0.05, 0) is 39.0 Å². The molecule has 2 heterocycles. The second-order valence-electron chi connectivity index (χ2n) is 7.74. The molecule has 1 aliphatic heterocycles. The van der Waals surface area contributed by atoms with Crippen molar-refractivity contribution in [2.75, 3.05) is 31.1 Å². The summed E-state index contributed by atoms with van der Waals surface area (Å²) in [5.41, 5.74) is 4.92. The molecule has 0 saturated carbocycles. The lowest BCUT2D eigenvalue weighted by Gasteiger charge is -2.36. The molecule has 2 aromatic carbocycles. The zero-order chi connectivity index (χ0) is 21.3. The monoisotopic (exact) mass is 420 g/mol. The minimum Gasteiger partial charge on any atom is -0.353 e. The van der Waals surface area contributed by atoms with Gasteiger partial charge in [0.2, 0.25) is 0 Å². The minimum atomic E-state index is 0.0214. The summed E-state index contributed by atoms with van der Waals surface area (Å²) in [6.07, 6.45) is 0. The maximum Gasteiger partial charge on any atom is 0.254 e. The second kappa shape index (κ2) is 8.44. The van der Waals surface area contributed by atoms with Crippen LogP contribution in [0, 0.1) is 20.8 Å². The Balaban J connectivity index is 1.53. The summed E-state index contributed by atoms with van der Waals surface area (Å²) in [7, 11) is 0. The van der Waals surface area contributed by atoms with E-state index in [2.05, 4.69) is 43.0 Å². The van der Waals surface area contributed by atoms with Gasteiger partial charge in [-0.2, -0.15) is 0 Å². The molecule has 1 aromatic heterocycles. The van der Waals surface area contributed by atoms with Crippen LogP contribution < -0.4 is 4.90 Å². The highest BCUT2D eigenvalue weighted by Crippen LogP contribution is 2.26. The molecule has 4 rings (SSSR count). The van der Waals surface area contributed by atoms with E-state index in [0.29, 0.717) is 23.7 Å². The molecule has 1 aliphatic rings. The quantitative estimate of drug-likeness (QED) is 0.617. The average Bonchev–Trinajstić information content (AvgIpc) is 2.76. The van der Waals surface area contributed by atoms with Crippen LogP contribution in [0.15, 0.2) is 48.5 Å². The molecule has 0 radical (unpaired) electrons. The minimum absolute atomic E-state index is 0.0214. The highest BCUT2D eigenvalue weighted by Gasteiger charge is 2.25. The second-order valence-corrected chi connectivity index (χ2v) is 8.17. The Labute approximate surface area is 182 Å². The lowest BCUT2D eigenvalue weighted by Crippen LogP contribution is -2.49. The van der Waals surface area contributed by atoms with E-state index in [-0.39, 0.29) is 5.91 Å². The molecule has 1 amide bonds. The van der Waals surface area contributed by atoms with E-state index in [0.717, 1.165) is 41.6 Å². The topological polar surface area (TPSA) is 49.3 Å². The van der Waals surface area contributed by atoms with E-state index in [1.165, 1.54) is 5.56 Å². The molecule has 0 spiro atoms. The Kier molecular flexibility index (Phi) is 5.73. The Bertz CT molecular complexity index is 1070. The number of rotatable bonds is 3. The number of anilines is 1. The Morgan fingerprint density at radius 1 is 0.933 bits per heavy atom. The van der Waals surface area contributed by atoms with Crippen LogP contribution in [0.25, 0.3) is 11.4 Å². The maximum atomic E-state index is 12.8. The zero-order valence-corrected chi connectivity index (χ0v) is 18.3. The van der Waals surface area contributed by atoms with Crippen LogP contribution in [0.2, 0.25) is 5.02 Å². The summed E-state index contributed by atoms with van der Waals surface area (Å²) in [5.74, 6) is 1.71. The van der Waals surface area contributed by atoms with Gasteiger partial charge in [-0.1, -0.05) is 47.5 Å². The van der Waals surface area contributed by atoms with Crippen LogP contribution in [0.3, 0.4) is 0 Å². The predicted molar refractivity (Wildman–Crippen MR) is 121 cm³/mol. The molecule has 0 bridgehead atoms. The maximum absolute atomic E-state index is 12.8. The Hall–Kier alpha value is -2.92. The molecule has 0 unspecified atom stereocenters. The van der Waals surface area contributed by atoms with Crippen LogP contribution >= 0.6 is 11.6 Å². The summed E-state index contributed by atoms with van der Waals surface area (Å²) in [6, 6.07) is 15.4. The van der Waals surface area contributed by atoms with E-state index >= 15 is 0 Å². The third kappa shape index (κ3) is 4.17. The number of aryl methyl sites for hydroxylation is 2. The fraction of sp³-hybridized carbons (Fsp3) is 0.292. The van der Waals surface area contributed by atoms with Gasteiger partial charge in [0.15, 0.2) is 5.82 Å². The van der Waals surface area contributed by atoms with Crippen molar-refractivity contribution in [2.45, 2.75) is 20.8 Å². The number of piperazine rings is 1. The molecule has 0 atom stereocenters. The fourth-order valence-electron chi connectivity index (χ4n) is 3.68. The molecule has 0 aliphatic carbocycles. The molecular formula is C24H25ClN4O. The van der Waals surface area contributed by atoms with Gasteiger partial charge in [0.05, 0.1) is 0 Å². The van der Waals surface area contributed by atoms with E-state index in [1.807, 2.05) is 24.0 Å². The molecule has 1 saturated heterocycles. The van der Waals surface area contributed by atoms with Crippen molar-refractivity contribution in [3.05, 3.63) is 75.9 Å². The van der Waals surface area contributed by atoms with Gasteiger partial charge in [0, 0.05) is 53.6 Å². The van der Waals surface area contributed by atoms with Crippen molar-refractivity contribution in [1.82, 2.24) is 14.9 Å². The zero-order valence-electron chi connectivity index (χ0n) is 17.5. The summed E-state index contributed by atoms with van der Waals surface area (Å²) >= 11 is 6.04. The lowest BCUT2D eigenvalue weighted by atomic mass is 10.1. The van der Waals surface area contributed by atoms with Crippen LogP contribution in [0.5, 0.6) is 0 Å². The number of nitrogens with zero attached hydrogens (tertiary/aromatic N) is 4. The first-order valence-corrected chi connectivity index (χ1v) is 10.5. The van der Waals surface area contributed by atoms with Crippen LogP contribution in [0.1, 0.15) is 27.2 Å². The number of aromatic nitrogens is 2. The molecule has 3 aromatic rings. The van der Waals surface area contributed by atoms with Crippen molar-refractivity contribution < 1.29 is 4.79 Å². The molecule has 6 heteroatoms. The third-order valence-electron chi connectivity index (χ3n) is 5.61. The largest absolute Gasteiger partial charge is 0.353 e. The van der Waals surface area contributed by atoms with Crippen molar-refractivity contribution >= 4 is 23.3 Å². The number of carbonyl (C=O) groups excluding carboxylic acids is 1. The number of hydrogen-bond donors (Lipinski definition) is 0. The number of hydrogen-bond acceptors (Lipinski definition) is 4. The first-order valence-electron chi connectivity index (χ1n) is 10.1. The van der Waals surface area contributed by atoms with Crippen molar-refractivity contribution in [1.29, 1.82) is 0 Å². The summed E-state index contributed by atoms with van der Waals surface area (Å²) in [4.78, 5) is 26.5.